The second kappa shape index (κ2) is 9.47. The van der Waals surface area contributed by atoms with Crippen molar-refractivity contribution in [3.05, 3.63) is 57.3 Å². The third-order valence-corrected chi connectivity index (χ3v) is 5.91. The summed E-state index contributed by atoms with van der Waals surface area (Å²) >= 11 is 12.4. The molecule has 1 saturated heterocycles. The molecular weight excluding hydrogens is 434 g/mol. The number of hydrogen-bond donors (Lipinski definition) is 1. The third kappa shape index (κ3) is 5.62. The zero-order valence-electron chi connectivity index (χ0n) is 15.5. The molecule has 0 spiro atoms. The van der Waals surface area contributed by atoms with Crippen LogP contribution in [0.4, 0.5) is 0 Å². The van der Waals surface area contributed by atoms with Crippen LogP contribution in [-0.4, -0.2) is 32.7 Å². The number of carboxylic acid groups (broad SMARTS) is 1. The van der Waals surface area contributed by atoms with E-state index < -0.39 is 5.97 Å². The number of halogens is 1. The van der Waals surface area contributed by atoms with Gasteiger partial charge in [-0.1, -0.05) is 35.6 Å². The quantitative estimate of drug-likeness (QED) is 0.452. The number of carbonyl (C=O) groups excluding carboxylic acids is 1. The standard InChI is InChI=1S/C20H18ClNO5S2/c1-12-9-13(6-7-16(12)21)26-11-15-5-4-14(27-15)10-17-19(25)22(20(28)29-17)8-2-3-18(23)24/h4-7,9-10H,2-3,8,11H2,1H3,(H,23,24)/b17-10+. The molecule has 0 bridgehead atoms. The van der Waals surface area contributed by atoms with Crippen molar-refractivity contribution in [2.75, 3.05) is 6.54 Å². The minimum Gasteiger partial charge on any atom is -0.486 e. The Morgan fingerprint density at radius 3 is 2.90 bits per heavy atom. The van der Waals surface area contributed by atoms with Crippen molar-refractivity contribution in [2.24, 2.45) is 0 Å². The van der Waals surface area contributed by atoms with Crippen molar-refractivity contribution in [1.82, 2.24) is 4.90 Å². The molecule has 0 atom stereocenters. The van der Waals surface area contributed by atoms with E-state index in [2.05, 4.69) is 0 Å². The van der Waals surface area contributed by atoms with Crippen LogP contribution in [0.25, 0.3) is 6.08 Å². The van der Waals surface area contributed by atoms with E-state index in [0.29, 0.717) is 37.9 Å². The molecule has 0 unspecified atom stereocenters. The van der Waals surface area contributed by atoms with Gasteiger partial charge in [0.1, 0.15) is 28.2 Å². The number of aryl methyl sites for hydroxylation is 1. The first kappa shape index (κ1) is 21.4. The van der Waals surface area contributed by atoms with Crippen LogP contribution in [0.15, 0.2) is 39.7 Å². The van der Waals surface area contributed by atoms with Gasteiger partial charge in [0.2, 0.25) is 0 Å². The highest BCUT2D eigenvalue weighted by Crippen LogP contribution is 2.33. The van der Waals surface area contributed by atoms with E-state index in [-0.39, 0.29) is 25.5 Å². The molecule has 1 aliphatic heterocycles. The molecule has 2 aromatic rings. The van der Waals surface area contributed by atoms with Crippen LogP contribution in [0.1, 0.15) is 29.9 Å². The molecule has 6 nitrogen and oxygen atoms in total. The molecular formula is C20H18ClNO5S2. The maximum Gasteiger partial charge on any atom is 0.303 e. The molecule has 1 aliphatic rings. The van der Waals surface area contributed by atoms with Crippen molar-refractivity contribution >= 4 is 57.9 Å². The van der Waals surface area contributed by atoms with Crippen LogP contribution in [0, 0.1) is 6.92 Å². The maximum absolute atomic E-state index is 12.5. The minimum absolute atomic E-state index is 0.00913. The summed E-state index contributed by atoms with van der Waals surface area (Å²) < 4.78 is 11.8. The lowest BCUT2D eigenvalue weighted by Gasteiger charge is -2.13. The Labute approximate surface area is 182 Å². The van der Waals surface area contributed by atoms with Gasteiger partial charge in [-0.2, -0.15) is 0 Å². The average Bonchev–Trinajstić information content (AvgIpc) is 3.22. The lowest BCUT2D eigenvalue weighted by Crippen LogP contribution is -2.29. The maximum atomic E-state index is 12.5. The van der Waals surface area contributed by atoms with Crippen LogP contribution in [0.3, 0.4) is 0 Å². The lowest BCUT2D eigenvalue weighted by atomic mass is 10.2. The topological polar surface area (TPSA) is 80.0 Å². The summed E-state index contributed by atoms with van der Waals surface area (Å²) in [7, 11) is 0. The fourth-order valence-corrected chi connectivity index (χ4v) is 4.03. The van der Waals surface area contributed by atoms with Crippen LogP contribution in [-0.2, 0) is 16.2 Å². The summed E-state index contributed by atoms with van der Waals surface area (Å²) in [6, 6.07) is 8.94. The summed E-state index contributed by atoms with van der Waals surface area (Å²) in [4.78, 5) is 25.0. The predicted molar refractivity (Wildman–Crippen MR) is 116 cm³/mol. The number of carbonyl (C=O) groups is 2. The second-order valence-corrected chi connectivity index (χ2v) is 8.42. The Morgan fingerprint density at radius 1 is 1.38 bits per heavy atom. The number of benzene rings is 1. The zero-order valence-corrected chi connectivity index (χ0v) is 17.9. The number of rotatable bonds is 8. The Balaban J connectivity index is 1.60. The van der Waals surface area contributed by atoms with Gasteiger partial charge in [-0.3, -0.25) is 14.5 Å². The van der Waals surface area contributed by atoms with E-state index in [1.165, 1.54) is 16.7 Å². The number of thioether (sulfide) groups is 1. The smallest absolute Gasteiger partial charge is 0.303 e. The molecule has 1 fully saturated rings. The van der Waals surface area contributed by atoms with Gasteiger partial charge in [-0.05, 0) is 49.2 Å². The molecule has 0 aliphatic carbocycles. The van der Waals surface area contributed by atoms with Crippen molar-refractivity contribution in [3.63, 3.8) is 0 Å². The van der Waals surface area contributed by atoms with Gasteiger partial charge in [0.25, 0.3) is 5.91 Å². The molecule has 9 heteroatoms. The Morgan fingerprint density at radius 2 is 2.17 bits per heavy atom. The van der Waals surface area contributed by atoms with Crippen LogP contribution in [0.5, 0.6) is 5.75 Å². The summed E-state index contributed by atoms with van der Waals surface area (Å²) in [6.07, 6.45) is 1.97. The van der Waals surface area contributed by atoms with E-state index in [4.69, 9.17) is 38.1 Å². The third-order valence-electron chi connectivity index (χ3n) is 4.11. The Hall–Kier alpha value is -2.29. The number of nitrogens with zero attached hydrogens (tertiary/aromatic N) is 1. The largest absolute Gasteiger partial charge is 0.486 e. The van der Waals surface area contributed by atoms with E-state index in [1.807, 2.05) is 13.0 Å². The number of carboxylic acids is 1. The first-order valence-electron chi connectivity index (χ1n) is 8.78. The highest BCUT2D eigenvalue weighted by atomic mass is 35.5. The van der Waals surface area contributed by atoms with Gasteiger partial charge in [0.15, 0.2) is 0 Å². The Kier molecular flexibility index (Phi) is 7.00. The highest BCUT2D eigenvalue weighted by molar-refractivity contribution is 8.26. The Bertz CT molecular complexity index is 985. The fourth-order valence-electron chi connectivity index (χ4n) is 2.62. The molecule has 1 aromatic carbocycles. The molecule has 0 saturated carbocycles. The average molecular weight is 452 g/mol. The summed E-state index contributed by atoms with van der Waals surface area (Å²) in [6.45, 7) is 2.43. The summed E-state index contributed by atoms with van der Waals surface area (Å²) in [5.74, 6) is 0.677. The van der Waals surface area contributed by atoms with Gasteiger partial charge in [-0.15, -0.1) is 0 Å². The molecule has 3 rings (SSSR count). The number of furan rings is 1. The van der Waals surface area contributed by atoms with Gasteiger partial charge >= 0.3 is 5.97 Å². The molecule has 1 aromatic heterocycles. The van der Waals surface area contributed by atoms with Crippen molar-refractivity contribution in [2.45, 2.75) is 26.4 Å². The van der Waals surface area contributed by atoms with Gasteiger partial charge in [0.05, 0.1) is 4.91 Å². The summed E-state index contributed by atoms with van der Waals surface area (Å²) in [5, 5.41) is 9.41. The molecule has 1 amide bonds. The minimum atomic E-state index is -0.898. The van der Waals surface area contributed by atoms with Gasteiger partial charge < -0.3 is 14.3 Å². The second-order valence-electron chi connectivity index (χ2n) is 6.33. The van der Waals surface area contributed by atoms with Gasteiger partial charge in [-0.25, -0.2) is 0 Å². The highest BCUT2D eigenvalue weighted by Gasteiger charge is 2.31. The van der Waals surface area contributed by atoms with Crippen molar-refractivity contribution in [3.8, 4) is 5.75 Å². The summed E-state index contributed by atoms with van der Waals surface area (Å²) in [5.41, 5.74) is 0.926. The number of hydrogen-bond acceptors (Lipinski definition) is 6. The van der Waals surface area contributed by atoms with E-state index in [9.17, 15) is 9.59 Å². The molecule has 29 heavy (non-hydrogen) atoms. The number of ether oxygens (including phenoxy) is 1. The fraction of sp³-hybridized carbons (Fsp3) is 0.250. The molecule has 1 N–H and O–H groups in total. The van der Waals surface area contributed by atoms with Crippen molar-refractivity contribution in [1.29, 1.82) is 0 Å². The number of aliphatic carboxylic acids is 1. The lowest BCUT2D eigenvalue weighted by molar-refractivity contribution is -0.137. The normalized spacial score (nSPS) is 15.4. The van der Waals surface area contributed by atoms with E-state index >= 15 is 0 Å². The van der Waals surface area contributed by atoms with E-state index in [0.717, 1.165) is 5.56 Å². The number of amides is 1. The predicted octanol–water partition coefficient (Wildman–Crippen LogP) is 4.89. The molecule has 2 heterocycles. The number of thiocarbonyl (C=S) groups is 1. The monoisotopic (exact) mass is 451 g/mol. The molecule has 152 valence electrons. The molecule has 0 radical (unpaired) electrons. The van der Waals surface area contributed by atoms with Crippen LogP contribution >= 0.6 is 35.6 Å². The SMILES string of the molecule is Cc1cc(OCc2ccc(/C=C3/SC(=S)N(CCCC(=O)O)C3=O)o2)ccc1Cl. The van der Waals surface area contributed by atoms with Crippen LogP contribution in [0.2, 0.25) is 5.02 Å². The first-order valence-corrected chi connectivity index (χ1v) is 10.4. The first-order chi connectivity index (χ1) is 13.8. The van der Waals surface area contributed by atoms with Crippen LogP contribution < -0.4 is 4.74 Å². The van der Waals surface area contributed by atoms with Gasteiger partial charge in [0, 0.05) is 24.1 Å². The zero-order chi connectivity index (χ0) is 21.0. The van der Waals surface area contributed by atoms with E-state index in [1.54, 1.807) is 30.3 Å². The van der Waals surface area contributed by atoms with Crippen molar-refractivity contribution < 1.29 is 23.8 Å².